The maximum atomic E-state index is 12.4. The number of rotatable bonds is 6. The molecule has 4 heteroatoms. The van der Waals surface area contributed by atoms with Gasteiger partial charge in [-0.25, -0.2) is 0 Å². The molecule has 4 nitrogen and oxygen atoms in total. The SMILES string of the molecule is CCOC(=O)CC1=C[C@H](CCc2ccccc2)C2=C(CCCC2=O)O1. The van der Waals surface area contributed by atoms with Crippen molar-refractivity contribution in [2.75, 3.05) is 6.61 Å². The van der Waals surface area contributed by atoms with Crippen molar-refractivity contribution in [2.45, 2.75) is 45.4 Å². The Kier molecular flexibility index (Phi) is 5.69. The summed E-state index contributed by atoms with van der Waals surface area (Å²) in [4.78, 5) is 24.2. The quantitative estimate of drug-likeness (QED) is 0.731. The molecule has 0 N–H and O–H groups in total. The van der Waals surface area contributed by atoms with Gasteiger partial charge in [-0.2, -0.15) is 0 Å². The zero-order valence-corrected chi connectivity index (χ0v) is 14.6. The molecule has 25 heavy (non-hydrogen) atoms. The highest BCUT2D eigenvalue weighted by atomic mass is 16.5. The molecule has 3 rings (SSSR count). The van der Waals surface area contributed by atoms with Crippen LogP contribution in [-0.2, 0) is 25.5 Å². The molecule has 0 radical (unpaired) electrons. The van der Waals surface area contributed by atoms with Crippen molar-refractivity contribution in [2.24, 2.45) is 5.92 Å². The van der Waals surface area contributed by atoms with E-state index in [-0.39, 0.29) is 24.1 Å². The van der Waals surface area contributed by atoms with Crippen molar-refractivity contribution in [1.82, 2.24) is 0 Å². The average molecular weight is 340 g/mol. The molecule has 0 bridgehead atoms. The molecule has 1 aliphatic heterocycles. The van der Waals surface area contributed by atoms with Crippen LogP contribution in [0.1, 0.15) is 44.6 Å². The molecule has 0 unspecified atom stereocenters. The number of ketones is 1. The summed E-state index contributed by atoms with van der Waals surface area (Å²) < 4.78 is 10.9. The highest BCUT2D eigenvalue weighted by Crippen LogP contribution is 2.37. The minimum absolute atomic E-state index is 0.0150. The first-order valence-electron chi connectivity index (χ1n) is 9.01. The van der Waals surface area contributed by atoms with E-state index in [0.717, 1.165) is 37.0 Å². The minimum atomic E-state index is -0.290. The van der Waals surface area contributed by atoms with E-state index in [9.17, 15) is 9.59 Å². The predicted molar refractivity (Wildman–Crippen MR) is 94.6 cm³/mol. The van der Waals surface area contributed by atoms with Gasteiger partial charge in [-0.1, -0.05) is 30.3 Å². The fourth-order valence-corrected chi connectivity index (χ4v) is 3.50. The number of aryl methyl sites for hydroxylation is 1. The van der Waals surface area contributed by atoms with Crippen molar-refractivity contribution in [3.8, 4) is 0 Å². The van der Waals surface area contributed by atoms with Crippen LogP contribution in [0.25, 0.3) is 0 Å². The zero-order chi connectivity index (χ0) is 17.6. The Labute approximate surface area is 148 Å². The van der Waals surface area contributed by atoms with Gasteiger partial charge in [-0.15, -0.1) is 0 Å². The number of Topliss-reactive ketones (excluding diaryl/α,β-unsaturated/α-hetero) is 1. The normalized spacial score (nSPS) is 19.8. The predicted octanol–water partition coefficient (Wildman–Crippen LogP) is 4.11. The molecule has 0 aromatic heterocycles. The summed E-state index contributed by atoms with van der Waals surface area (Å²) >= 11 is 0. The van der Waals surface area contributed by atoms with Crippen LogP contribution < -0.4 is 0 Å². The van der Waals surface area contributed by atoms with Gasteiger partial charge in [0, 0.05) is 24.3 Å². The number of esters is 1. The molecule has 1 atom stereocenters. The topological polar surface area (TPSA) is 52.6 Å². The summed E-state index contributed by atoms with van der Waals surface area (Å²) in [6.07, 6.45) is 5.97. The molecule has 0 fully saturated rings. The number of hydrogen-bond donors (Lipinski definition) is 0. The summed E-state index contributed by atoms with van der Waals surface area (Å²) in [6.45, 7) is 2.15. The highest BCUT2D eigenvalue weighted by Gasteiger charge is 2.32. The van der Waals surface area contributed by atoms with Gasteiger partial charge in [0.15, 0.2) is 5.78 Å². The summed E-state index contributed by atoms with van der Waals surface area (Å²) in [7, 11) is 0. The lowest BCUT2D eigenvalue weighted by molar-refractivity contribution is -0.142. The summed E-state index contributed by atoms with van der Waals surface area (Å²) in [5, 5.41) is 0. The Morgan fingerprint density at radius 2 is 2.04 bits per heavy atom. The molecule has 1 aromatic rings. The standard InChI is InChI=1S/C21H24O4/c1-2-24-20(23)14-17-13-16(12-11-15-7-4-3-5-8-15)21-18(22)9-6-10-19(21)25-17/h3-5,7-8,13,16H,2,6,9-12,14H2,1H3/t16-/m0/s1. The van der Waals surface area contributed by atoms with E-state index in [1.54, 1.807) is 6.92 Å². The van der Waals surface area contributed by atoms with Gasteiger partial charge >= 0.3 is 5.97 Å². The largest absolute Gasteiger partial charge is 0.466 e. The van der Waals surface area contributed by atoms with Crippen LogP contribution in [0.5, 0.6) is 0 Å². The number of carbonyl (C=O) groups is 2. The van der Waals surface area contributed by atoms with Gasteiger partial charge in [-0.05, 0) is 37.8 Å². The smallest absolute Gasteiger partial charge is 0.313 e. The molecular weight excluding hydrogens is 316 g/mol. The molecule has 1 aromatic carbocycles. The first-order chi connectivity index (χ1) is 12.2. The summed E-state index contributed by atoms with van der Waals surface area (Å²) in [5.74, 6) is 1.29. The van der Waals surface area contributed by atoms with Crippen LogP contribution in [0, 0.1) is 5.92 Å². The minimum Gasteiger partial charge on any atom is -0.466 e. The molecule has 2 aliphatic rings. The molecule has 1 heterocycles. The van der Waals surface area contributed by atoms with E-state index in [4.69, 9.17) is 9.47 Å². The van der Waals surface area contributed by atoms with Crippen LogP contribution in [0.4, 0.5) is 0 Å². The van der Waals surface area contributed by atoms with Crippen LogP contribution >= 0.6 is 0 Å². The highest BCUT2D eigenvalue weighted by molar-refractivity contribution is 5.97. The van der Waals surface area contributed by atoms with Gasteiger partial charge < -0.3 is 9.47 Å². The fraction of sp³-hybridized carbons (Fsp3) is 0.429. The monoisotopic (exact) mass is 340 g/mol. The second-order valence-electron chi connectivity index (χ2n) is 6.46. The molecule has 0 amide bonds. The number of ether oxygens (including phenoxy) is 2. The lowest BCUT2D eigenvalue weighted by Gasteiger charge is -2.30. The zero-order valence-electron chi connectivity index (χ0n) is 14.6. The Bertz CT molecular complexity index is 700. The molecule has 0 saturated carbocycles. The molecule has 0 spiro atoms. The number of benzene rings is 1. The van der Waals surface area contributed by atoms with E-state index in [1.807, 2.05) is 24.3 Å². The van der Waals surface area contributed by atoms with Gasteiger partial charge in [0.25, 0.3) is 0 Å². The maximum absolute atomic E-state index is 12.4. The van der Waals surface area contributed by atoms with Gasteiger partial charge in [0.05, 0.1) is 6.61 Å². The summed E-state index contributed by atoms with van der Waals surface area (Å²) in [6, 6.07) is 10.2. The van der Waals surface area contributed by atoms with E-state index >= 15 is 0 Å². The third kappa shape index (κ3) is 4.38. The molecule has 0 saturated heterocycles. The molecule has 1 aliphatic carbocycles. The Morgan fingerprint density at radius 1 is 1.24 bits per heavy atom. The Morgan fingerprint density at radius 3 is 2.80 bits per heavy atom. The second-order valence-corrected chi connectivity index (χ2v) is 6.46. The molecule has 132 valence electrons. The van der Waals surface area contributed by atoms with Crippen molar-refractivity contribution in [1.29, 1.82) is 0 Å². The van der Waals surface area contributed by atoms with Crippen LogP contribution in [-0.4, -0.2) is 18.4 Å². The lowest BCUT2D eigenvalue weighted by atomic mass is 9.82. The van der Waals surface area contributed by atoms with E-state index in [2.05, 4.69) is 12.1 Å². The van der Waals surface area contributed by atoms with Crippen LogP contribution in [0.15, 0.2) is 53.5 Å². The second kappa shape index (κ2) is 8.15. The fourth-order valence-electron chi connectivity index (χ4n) is 3.50. The van der Waals surface area contributed by atoms with Crippen LogP contribution in [0.2, 0.25) is 0 Å². The first-order valence-corrected chi connectivity index (χ1v) is 9.01. The Balaban J connectivity index is 1.77. The van der Waals surface area contributed by atoms with E-state index in [1.165, 1.54) is 5.56 Å². The lowest BCUT2D eigenvalue weighted by Crippen LogP contribution is -2.24. The van der Waals surface area contributed by atoms with Crippen molar-refractivity contribution in [3.63, 3.8) is 0 Å². The third-order valence-corrected chi connectivity index (χ3v) is 4.63. The van der Waals surface area contributed by atoms with E-state index < -0.39 is 0 Å². The third-order valence-electron chi connectivity index (χ3n) is 4.63. The van der Waals surface area contributed by atoms with Gasteiger partial charge in [0.1, 0.15) is 17.9 Å². The number of carbonyl (C=O) groups excluding carboxylic acids is 2. The number of allylic oxidation sites excluding steroid dienone is 3. The van der Waals surface area contributed by atoms with Gasteiger partial charge in [0.2, 0.25) is 0 Å². The molecular formula is C21H24O4. The average Bonchev–Trinajstić information content (AvgIpc) is 2.61. The van der Waals surface area contributed by atoms with Crippen LogP contribution in [0.3, 0.4) is 0 Å². The maximum Gasteiger partial charge on any atom is 0.313 e. The van der Waals surface area contributed by atoms with Crippen molar-refractivity contribution >= 4 is 11.8 Å². The first kappa shape index (κ1) is 17.5. The van der Waals surface area contributed by atoms with Gasteiger partial charge in [-0.3, -0.25) is 9.59 Å². The Hall–Kier alpha value is -2.36. The van der Waals surface area contributed by atoms with E-state index in [0.29, 0.717) is 18.8 Å². The number of hydrogen-bond acceptors (Lipinski definition) is 4. The van der Waals surface area contributed by atoms with Crippen molar-refractivity contribution in [3.05, 3.63) is 59.1 Å². The van der Waals surface area contributed by atoms with Crippen molar-refractivity contribution < 1.29 is 19.1 Å². The summed E-state index contributed by atoms with van der Waals surface area (Å²) in [5.41, 5.74) is 2.06.